The lowest BCUT2D eigenvalue weighted by molar-refractivity contribution is 0.0763. The summed E-state index contributed by atoms with van der Waals surface area (Å²) in [6.07, 6.45) is 1.40. The Labute approximate surface area is 198 Å². The number of thiophene rings is 1. The lowest BCUT2D eigenvalue weighted by Gasteiger charge is -2.22. The van der Waals surface area contributed by atoms with Gasteiger partial charge in [-0.1, -0.05) is 37.1 Å². The molecule has 3 aromatic rings. The molecule has 8 heteroatoms. The zero-order chi connectivity index (χ0) is 23.5. The molecule has 174 valence electrons. The number of carbonyl (C=O) groups is 2. The monoisotopic (exact) mass is 465 g/mol. The number of nitrogens with one attached hydrogen (secondary N) is 1. The van der Waals surface area contributed by atoms with Crippen molar-refractivity contribution in [3.8, 4) is 0 Å². The first-order chi connectivity index (χ1) is 15.8. The van der Waals surface area contributed by atoms with Gasteiger partial charge in [-0.05, 0) is 49.8 Å². The number of carbonyl (C=O) groups excluding carboxylic acids is 2. The summed E-state index contributed by atoms with van der Waals surface area (Å²) in [6.45, 7) is 10.1. The second kappa shape index (κ2) is 9.87. The number of nitrogens with zero attached hydrogens (tertiary/aromatic N) is 4. The van der Waals surface area contributed by atoms with Gasteiger partial charge in [-0.15, -0.1) is 21.5 Å². The van der Waals surface area contributed by atoms with Gasteiger partial charge in [0.05, 0.1) is 10.9 Å². The van der Waals surface area contributed by atoms with Gasteiger partial charge in [-0.25, -0.2) is 0 Å². The van der Waals surface area contributed by atoms with E-state index in [4.69, 9.17) is 0 Å². The predicted octanol–water partition coefficient (Wildman–Crippen LogP) is 4.17. The maximum absolute atomic E-state index is 13.1. The van der Waals surface area contributed by atoms with Crippen molar-refractivity contribution in [1.29, 1.82) is 0 Å². The number of rotatable bonds is 6. The van der Waals surface area contributed by atoms with Crippen molar-refractivity contribution in [3.05, 3.63) is 68.9 Å². The first kappa shape index (κ1) is 23.2. The van der Waals surface area contributed by atoms with E-state index in [0.29, 0.717) is 37.5 Å². The van der Waals surface area contributed by atoms with Crippen LogP contribution in [0.2, 0.25) is 0 Å². The Hall–Kier alpha value is -3.00. The van der Waals surface area contributed by atoms with Gasteiger partial charge in [0.15, 0.2) is 5.82 Å². The maximum Gasteiger partial charge on any atom is 0.263 e. The van der Waals surface area contributed by atoms with Gasteiger partial charge in [0.2, 0.25) is 0 Å². The van der Waals surface area contributed by atoms with Crippen LogP contribution in [-0.4, -0.2) is 44.6 Å². The second-order valence-corrected chi connectivity index (χ2v) is 10.1. The molecular weight excluding hydrogens is 434 g/mol. The van der Waals surface area contributed by atoms with E-state index < -0.39 is 0 Å². The Kier molecular flexibility index (Phi) is 6.93. The van der Waals surface area contributed by atoms with E-state index in [1.807, 2.05) is 48.4 Å². The molecule has 33 heavy (non-hydrogen) atoms. The minimum atomic E-state index is -0.251. The van der Waals surface area contributed by atoms with Crippen molar-refractivity contribution in [3.63, 3.8) is 0 Å². The SMILES string of the molecule is Cc1cc(C)cc(C(=O)N[C@H](CC(C)C)c2nnc3n2CCN(C(=O)c2cccs2)CC3)c1. The van der Waals surface area contributed by atoms with Gasteiger partial charge in [0.1, 0.15) is 5.82 Å². The van der Waals surface area contributed by atoms with Gasteiger partial charge >= 0.3 is 0 Å². The first-order valence-corrected chi connectivity index (χ1v) is 12.3. The molecule has 2 aromatic heterocycles. The van der Waals surface area contributed by atoms with Crippen LogP contribution in [0.3, 0.4) is 0 Å². The van der Waals surface area contributed by atoms with Crippen molar-refractivity contribution in [2.75, 3.05) is 13.1 Å². The Morgan fingerprint density at radius 3 is 2.52 bits per heavy atom. The quantitative estimate of drug-likeness (QED) is 0.592. The molecule has 1 N–H and O–H groups in total. The highest BCUT2D eigenvalue weighted by molar-refractivity contribution is 7.12. The van der Waals surface area contributed by atoms with Crippen molar-refractivity contribution >= 4 is 23.2 Å². The average molecular weight is 466 g/mol. The number of hydrogen-bond acceptors (Lipinski definition) is 5. The molecule has 0 saturated heterocycles. The zero-order valence-corrected chi connectivity index (χ0v) is 20.5. The van der Waals surface area contributed by atoms with Crippen LogP contribution in [-0.2, 0) is 13.0 Å². The minimum Gasteiger partial charge on any atom is -0.342 e. The van der Waals surface area contributed by atoms with E-state index in [0.717, 1.165) is 34.1 Å². The molecule has 1 aliphatic rings. The number of fused-ring (bicyclic) bond motifs is 1. The molecule has 0 spiro atoms. The molecule has 0 radical (unpaired) electrons. The van der Waals surface area contributed by atoms with Gasteiger partial charge < -0.3 is 14.8 Å². The first-order valence-electron chi connectivity index (χ1n) is 11.5. The fourth-order valence-corrected chi connectivity index (χ4v) is 5.10. The van der Waals surface area contributed by atoms with E-state index in [1.54, 1.807) is 0 Å². The minimum absolute atomic E-state index is 0.0621. The summed E-state index contributed by atoms with van der Waals surface area (Å²) < 4.78 is 2.09. The lowest BCUT2D eigenvalue weighted by Crippen LogP contribution is -2.34. The molecule has 1 aliphatic heterocycles. The van der Waals surface area contributed by atoms with Crippen LogP contribution < -0.4 is 5.32 Å². The molecule has 1 aromatic carbocycles. The molecule has 0 fully saturated rings. The molecular formula is C25H31N5O2S. The summed E-state index contributed by atoms with van der Waals surface area (Å²) in [5, 5.41) is 14.1. The van der Waals surface area contributed by atoms with Crippen LogP contribution in [0.1, 0.15) is 69.1 Å². The average Bonchev–Trinajstić information content (AvgIpc) is 3.38. The van der Waals surface area contributed by atoms with Crippen LogP contribution in [0.25, 0.3) is 0 Å². The molecule has 0 bridgehead atoms. The number of hydrogen-bond donors (Lipinski definition) is 1. The predicted molar refractivity (Wildman–Crippen MR) is 130 cm³/mol. The molecule has 0 unspecified atom stereocenters. The van der Waals surface area contributed by atoms with Crippen LogP contribution in [0, 0.1) is 19.8 Å². The summed E-state index contributed by atoms with van der Waals surface area (Å²) in [6, 6.07) is 9.39. The molecule has 0 saturated carbocycles. The summed E-state index contributed by atoms with van der Waals surface area (Å²) in [4.78, 5) is 28.6. The van der Waals surface area contributed by atoms with Gasteiger partial charge in [-0.3, -0.25) is 9.59 Å². The molecule has 4 rings (SSSR count). The highest BCUT2D eigenvalue weighted by atomic mass is 32.1. The topological polar surface area (TPSA) is 80.1 Å². The second-order valence-electron chi connectivity index (χ2n) is 9.18. The van der Waals surface area contributed by atoms with E-state index >= 15 is 0 Å². The Bertz CT molecular complexity index is 1120. The lowest BCUT2D eigenvalue weighted by atomic mass is 10.0. The molecule has 2 amide bonds. The van der Waals surface area contributed by atoms with E-state index in [9.17, 15) is 9.59 Å². The molecule has 0 aliphatic carbocycles. The highest BCUT2D eigenvalue weighted by Crippen LogP contribution is 2.24. The maximum atomic E-state index is 13.1. The highest BCUT2D eigenvalue weighted by Gasteiger charge is 2.28. The van der Waals surface area contributed by atoms with Crippen LogP contribution >= 0.6 is 11.3 Å². The number of amides is 2. The van der Waals surface area contributed by atoms with Crippen molar-refractivity contribution in [2.45, 2.75) is 53.1 Å². The van der Waals surface area contributed by atoms with Crippen molar-refractivity contribution in [2.24, 2.45) is 5.92 Å². The van der Waals surface area contributed by atoms with Crippen molar-refractivity contribution < 1.29 is 9.59 Å². The number of benzene rings is 1. The Balaban J connectivity index is 1.55. The zero-order valence-electron chi connectivity index (χ0n) is 19.7. The van der Waals surface area contributed by atoms with Gasteiger partial charge in [0, 0.05) is 31.6 Å². The fourth-order valence-electron chi connectivity index (χ4n) is 4.41. The molecule has 1 atom stereocenters. The third-order valence-corrected chi connectivity index (χ3v) is 6.74. The van der Waals surface area contributed by atoms with Crippen LogP contribution in [0.5, 0.6) is 0 Å². The standard InChI is InChI=1S/C25H31N5O2S/c1-16(2)12-20(26-24(31)19-14-17(3)13-18(4)15-19)23-28-27-22-7-8-29(9-10-30(22)23)25(32)21-6-5-11-33-21/h5-6,11,13-16,20H,7-10,12H2,1-4H3,(H,26,31)/t20-/m1/s1. The van der Waals surface area contributed by atoms with Gasteiger partial charge in [0.25, 0.3) is 11.8 Å². The molecule has 3 heterocycles. The smallest absolute Gasteiger partial charge is 0.263 e. The van der Waals surface area contributed by atoms with Crippen LogP contribution in [0.15, 0.2) is 35.7 Å². The van der Waals surface area contributed by atoms with Crippen LogP contribution in [0.4, 0.5) is 0 Å². The number of aryl methyl sites for hydroxylation is 2. The summed E-state index contributed by atoms with van der Waals surface area (Å²) in [7, 11) is 0. The third kappa shape index (κ3) is 5.33. The van der Waals surface area contributed by atoms with E-state index in [-0.39, 0.29) is 17.9 Å². The number of aromatic nitrogens is 3. The normalized spacial score (nSPS) is 14.6. The van der Waals surface area contributed by atoms with E-state index in [2.05, 4.69) is 40.0 Å². The summed E-state index contributed by atoms with van der Waals surface area (Å²) in [5.74, 6) is 1.95. The summed E-state index contributed by atoms with van der Waals surface area (Å²) >= 11 is 1.47. The van der Waals surface area contributed by atoms with Gasteiger partial charge in [-0.2, -0.15) is 0 Å². The Morgan fingerprint density at radius 2 is 1.85 bits per heavy atom. The summed E-state index contributed by atoms with van der Waals surface area (Å²) in [5.41, 5.74) is 2.78. The largest absolute Gasteiger partial charge is 0.342 e. The van der Waals surface area contributed by atoms with Crippen molar-refractivity contribution in [1.82, 2.24) is 25.0 Å². The van der Waals surface area contributed by atoms with E-state index in [1.165, 1.54) is 11.3 Å². The Morgan fingerprint density at radius 1 is 1.09 bits per heavy atom. The molecule has 7 nitrogen and oxygen atoms in total. The fraction of sp³-hybridized carbons (Fsp3) is 0.440. The third-order valence-electron chi connectivity index (χ3n) is 5.88.